The van der Waals surface area contributed by atoms with Crippen LogP contribution in [-0.4, -0.2) is 41.8 Å². The molecule has 1 aromatic rings. The van der Waals surface area contributed by atoms with Crippen molar-refractivity contribution in [3.8, 4) is 0 Å². The van der Waals surface area contributed by atoms with E-state index in [0.717, 1.165) is 16.8 Å². The van der Waals surface area contributed by atoms with E-state index in [4.69, 9.17) is 9.47 Å². The number of esters is 1. The average Bonchev–Trinajstić information content (AvgIpc) is 2.72. The van der Waals surface area contributed by atoms with Crippen LogP contribution in [0.2, 0.25) is 3.93 Å². The molecule has 0 aliphatic carbocycles. The molecule has 0 aromatic heterocycles. The molecule has 0 amide bonds. The summed E-state index contributed by atoms with van der Waals surface area (Å²) in [6.45, 7) is 5.76. The first kappa shape index (κ1) is 24.0. The van der Waals surface area contributed by atoms with Crippen molar-refractivity contribution < 1.29 is 46.3 Å². The van der Waals surface area contributed by atoms with E-state index in [-0.39, 0.29) is 36.4 Å². The first-order chi connectivity index (χ1) is 13.4. The van der Waals surface area contributed by atoms with Crippen molar-refractivity contribution >= 4 is 23.7 Å². The molecule has 1 aliphatic heterocycles. The number of aliphatic hydroxyl groups is 1. The van der Waals surface area contributed by atoms with Gasteiger partial charge in [0, 0.05) is 0 Å². The molecule has 0 spiro atoms. The van der Waals surface area contributed by atoms with Gasteiger partial charge >= 0.3 is 168 Å². The van der Waals surface area contributed by atoms with Gasteiger partial charge in [0.15, 0.2) is 0 Å². The molecular weight excluding hydrogens is 613 g/mol. The maximum atomic E-state index is 12.9. The van der Waals surface area contributed by atoms with E-state index < -0.39 is 34.2 Å². The van der Waals surface area contributed by atoms with Crippen LogP contribution in [-0.2, 0) is 36.4 Å². The zero-order valence-corrected chi connectivity index (χ0v) is 23.9. The summed E-state index contributed by atoms with van der Waals surface area (Å²) < 4.78 is 12.8. The van der Waals surface area contributed by atoms with Gasteiger partial charge in [-0.15, -0.1) is 0 Å². The molecule has 0 radical (unpaired) electrons. The van der Waals surface area contributed by atoms with E-state index in [1.54, 1.807) is 31.2 Å². The Kier molecular flexibility index (Phi) is 10.1. The summed E-state index contributed by atoms with van der Waals surface area (Å²) in [6.07, 6.45) is 0.741. The summed E-state index contributed by atoms with van der Waals surface area (Å²) in [5, 5.41) is 9.77. The number of halogens is 1. The fraction of sp³-hybridized carbons (Fsp3) is 0.619. The van der Waals surface area contributed by atoms with Crippen molar-refractivity contribution in [2.24, 2.45) is 17.8 Å². The van der Waals surface area contributed by atoms with Crippen LogP contribution in [0.4, 0.5) is 0 Å². The van der Waals surface area contributed by atoms with Gasteiger partial charge in [-0.1, -0.05) is 18.2 Å². The third-order valence-electron chi connectivity index (χ3n) is 5.68. The molecule has 0 bridgehead atoms. The van der Waals surface area contributed by atoms with Crippen LogP contribution in [0.25, 0.3) is 0 Å². The first-order valence-corrected chi connectivity index (χ1v) is 25.8. The summed E-state index contributed by atoms with van der Waals surface area (Å²) >= 11 is 2.59. The Bertz CT molecular complexity index is 641. The number of hydrogen-bond donors (Lipinski definition) is 1. The van der Waals surface area contributed by atoms with Crippen LogP contribution >= 0.6 is 11.9 Å². The van der Waals surface area contributed by atoms with Crippen LogP contribution in [0.3, 0.4) is 0 Å². The van der Waals surface area contributed by atoms with Gasteiger partial charge < -0.3 is 0 Å². The number of benzene rings is 1. The van der Waals surface area contributed by atoms with E-state index in [0.29, 0.717) is 11.5 Å². The van der Waals surface area contributed by atoms with Gasteiger partial charge in [0.25, 0.3) is 0 Å². The topological polar surface area (TPSA) is 72.8 Å². The SMILES string of the molecule is C[C@H](C(=O)[C@@H](C)OC(=O)c1ccccc1)[C@@H]1CC[C@H](C)[C@@H]([C@H](CO)[CH2][Hg][Br])O1. The maximum absolute atomic E-state index is 12.9. The predicted octanol–water partition coefficient (Wildman–Crippen LogP) is 4.04. The molecule has 2 rings (SSSR count). The molecule has 1 saturated heterocycles. The van der Waals surface area contributed by atoms with Gasteiger partial charge in [0.05, 0.1) is 0 Å². The molecule has 6 atom stereocenters. The van der Waals surface area contributed by atoms with Crippen molar-refractivity contribution in [1.29, 1.82) is 0 Å². The molecule has 1 fully saturated rings. The molecule has 1 aromatic carbocycles. The summed E-state index contributed by atoms with van der Waals surface area (Å²) in [7, 11) is 0. The molecule has 0 saturated carbocycles. The molecule has 1 heterocycles. The van der Waals surface area contributed by atoms with E-state index in [2.05, 4.69) is 18.8 Å². The van der Waals surface area contributed by atoms with Crippen LogP contribution in [0.5, 0.6) is 0 Å². The molecule has 152 valence electrons. The second-order valence-corrected chi connectivity index (χ2v) is 18.4. The quantitative estimate of drug-likeness (QED) is 0.326. The molecule has 7 heteroatoms. The number of rotatable bonds is 9. The fourth-order valence-electron chi connectivity index (χ4n) is 3.85. The van der Waals surface area contributed by atoms with Gasteiger partial charge in [0.2, 0.25) is 0 Å². The van der Waals surface area contributed by atoms with Gasteiger partial charge in [-0.2, -0.15) is 0 Å². The minimum absolute atomic E-state index is 0.0151. The van der Waals surface area contributed by atoms with Crippen LogP contribution in [0.1, 0.15) is 44.0 Å². The Morgan fingerprint density at radius 1 is 1.29 bits per heavy atom. The number of carbonyl (C=O) groups excluding carboxylic acids is 2. The Morgan fingerprint density at radius 3 is 2.57 bits per heavy atom. The number of ether oxygens (including phenoxy) is 2. The van der Waals surface area contributed by atoms with Crippen molar-refractivity contribution in [2.45, 2.75) is 55.9 Å². The zero-order valence-electron chi connectivity index (χ0n) is 16.8. The van der Waals surface area contributed by atoms with Crippen molar-refractivity contribution in [2.75, 3.05) is 6.61 Å². The predicted molar refractivity (Wildman–Crippen MR) is 107 cm³/mol. The summed E-state index contributed by atoms with van der Waals surface area (Å²) in [4.78, 5) is 25.1. The van der Waals surface area contributed by atoms with E-state index in [1.807, 2.05) is 13.0 Å². The minimum atomic E-state index is -1.07. The first-order valence-electron chi connectivity index (χ1n) is 10.0. The Morgan fingerprint density at radius 2 is 1.96 bits per heavy atom. The van der Waals surface area contributed by atoms with Crippen molar-refractivity contribution in [1.82, 2.24) is 0 Å². The standard InChI is InChI=1S/C21H29O5.BrH.Hg/c1-13-10-11-18(26-20(13)14(2)12-22)15(3)19(23)16(4)25-21(24)17-8-6-5-7-9-17;;/h5-9,13-16,18,20,22H,2,10-12H2,1,3-4H3;1H;/q;;+1/p-1/t13-,14-,15-,16+,18-,20-;;/m0../s1. The summed E-state index contributed by atoms with van der Waals surface area (Å²) in [5.41, 5.74) is 0.435. The average molecular weight is 642 g/mol. The Balaban J connectivity index is 1.98. The third kappa shape index (κ3) is 6.35. The molecular formula is C21H29BrHgO5. The molecule has 0 unspecified atom stereocenters. The summed E-state index contributed by atoms with van der Waals surface area (Å²) in [6, 6.07) is 8.69. The van der Waals surface area contributed by atoms with Gasteiger partial charge in [0.1, 0.15) is 0 Å². The number of ketones is 1. The normalized spacial score (nSPS) is 25.2. The number of carbonyl (C=O) groups is 2. The van der Waals surface area contributed by atoms with E-state index >= 15 is 0 Å². The van der Waals surface area contributed by atoms with Crippen LogP contribution < -0.4 is 0 Å². The molecule has 28 heavy (non-hydrogen) atoms. The molecule has 1 N–H and O–H groups in total. The third-order valence-corrected chi connectivity index (χ3v) is 13.4. The Labute approximate surface area is 185 Å². The van der Waals surface area contributed by atoms with E-state index in [1.165, 1.54) is 0 Å². The van der Waals surface area contributed by atoms with E-state index in [9.17, 15) is 14.7 Å². The number of aliphatic hydroxyl groups excluding tert-OH is 1. The Hall–Kier alpha value is -0.305. The fourth-order valence-corrected chi connectivity index (χ4v) is 12.1. The molecule has 5 nitrogen and oxygen atoms in total. The number of hydrogen-bond acceptors (Lipinski definition) is 5. The zero-order chi connectivity index (χ0) is 20.7. The second kappa shape index (κ2) is 11.8. The number of Topliss-reactive ketones (excluding diaryl/α,β-unsaturated/α-hetero) is 1. The van der Waals surface area contributed by atoms with Gasteiger partial charge in [-0.3, -0.25) is 0 Å². The second-order valence-electron chi connectivity index (χ2n) is 7.72. The van der Waals surface area contributed by atoms with Gasteiger partial charge in [-0.25, -0.2) is 0 Å². The van der Waals surface area contributed by atoms with Crippen LogP contribution in [0.15, 0.2) is 30.3 Å². The van der Waals surface area contributed by atoms with Gasteiger partial charge in [-0.05, 0) is 0 Å². The van der Waals surface area contributed by atoms with Crippen molar-refractivity contribution in [3.05, 3.63) is 35.9 Å². The van der Waals surface area contributed by atoms with Crippen LogP contribution in [0, 0.1) is 17.8 Å². The monoisotopic (exact) mass is 642 g/mol. The summed E-state index contributed by atoms with van der Waals surface area (Å²) in [5.74, 6) is -0.452. The molecule has 1 aliphatic rings. The van der Waals surface area contributed by atoms with Crippen molar-refractivity contribution in [3.63, 3.8) is 0 Å².